The predicted octanol–water partition coefficient (Wildman–Crippen LogP) is 2.64. The number of hydrogen-bond donors (Lipinski definition) is 0. The smallest absolute Gasteiger partial charge is 0.338 e. The number of ether oxygens (including phenoxy) is 3. The Morgan fingerprint density at radius 1 is 0.640 bits per heavy atom. The van der Waals surface area contributed by atoms with Gasteiger partial charge in [-0.1, -0.05) is 39.0 Å². The van der Waals surface area contributed by atoms with Gasteiger partial charge in [-0.05, 0) is 13.3 Å². The first-order valence-corrected chi connectivity index (χ1v) is 8.45. The molecule has 0 aromatic heterocycles. The molecule has 140 valence electrons. The first-order valence-electron chi connectivity index (χ1n) is 8.45. The first-order chi connectivity index (χ1) is 12.0. The van der Waals surface area contributed by atoms with Crippen molar-refractivity contribution in [3.05, 3.63) is 24.3 Å². The summed E-state index contributed by atoms with van der Waals surface area (Å²) in [5.74, 6) is -3.47. The van der Waals surface area contributed by atoms with E-state index in [0.29, 0.717) is 0 Å². The van der Waals surface area contributed by atoms with Gasteiger partial charge in [0.15, 0.2) is 0 Å². The van der Waals surface area contributed by atoms with E-state index in [-0.39, 0.29) is 13.2 Å². The molecule has 0 aromatic rings. The van der Waals surface area contributed by atoms with Gasteiger partial charge in [-0.25, -0.2) is 19.2 Å². The van der Waals surface area contributed by atoms with Gasteiger partial charge >= 0.3 is 23.9 Å². The lowest BCUT2D eigenvalue weighted by atomic mass is 10.1. The molecule has 0 amide bonds. The molecular formula is C18H26O7. The predicted molar refractivity (Wildman–Crippen MR) is 90.3 cm³/mol. The van der Waals surface area contributed by atoms with Crippen molar-refractivity contribution < 1.29 is 33.4 Å². The standard InChI is InChI=1S/C18H26O7/c1-3-5-6-7-8-9-14-24-16(20)11-13-18(22)25-17(21)12-10-15(19)23-4-2/h10-13H,3-9,14H2,1-2H3/b12-10+,13-11+. The van der Waals surface area contributed by atoms with E-state index in [1.54, 1.807) is 6.92 Å². The van der Waals surface area contributed by atoms with Crippen molar-refractivity contribution in [2.24, 2.45) is 0 Å². The maximum absolute atomic E-state index is 11.4. The summed E-state index contributed by atoms with van der Waals surface area (Å²) in [6, 6.07) is 0. The summed E-state index contributed by atoms with van der Waals surface area (Å²) >= 11 is 0. The Kier molecular flexibility index (Phi) is 13.6. The monoisotopic (exact) mass is 354 g/mol. The van der Waals surface area contributed by atoms with Crippen molar-refractivity contribution in [1.82, 2.24) is 0 Å². The van der Waals surface area contributed by atoms with Gasteiger partial charge in [0, 0.05) is 24.3 Å². The average molecular weight is 354 g/mol. The molecule has 7 nitrogen and oxygen atoms in total. The first kappa shape index (κ1) is 22.6. The summed E-state index contributed by atoms with van der Waals surface area (Å²) in [6.45, 7) is 4.21. The molecule has 0 unspecified atom stereocenters. The van der Waals surface area contributed by atoms with Gasteiger partial charge in [-0.3, -0.25) is 0 Å². The Hall–Kier alpha value is -2.44. The number of carbonyl (C=O) groups excluding carboxylic acids is 4. The molecule has 7 heteroatoms. The van der Waals surface area contributed by atoms with Gasteiger partial charge in [-0.2, -0.15) is 0 Å². The van der Waals surface area contributed by atoms with Crippen LogP contribution in [0.25, 0.3) is 0 Å². The van der Waals surface area contributed by atoms with E-state index >= 15 is 0 Å². The van der Waals surface area contributed by atoms with Gasteiger partial charge in [0.1, 0.15) is 0 Å². The van der Waals surface area contributed by atoms with Crippen molar-refractivity contribution in [3.8, 4) is 0 Å². The van der Waals surface area contributed by atoms with Crippen LogP contribution in [0.3, 0.4) is 0 Å². The zero-order valence-corrected chi connectivity index (χ0v) is 14.8. The largest absolute Gasteiger partial charge is 0.463 e. The Morgan fingerprint density at radius 2 is 1.12 bits per heavy atom. The van der Waals surface area contributed by atoms with Crippen LogP contribution in [0.15, 0.2) is 24.3 Å². The molecule has 0 aromatic carbocycles. The molecule has 0 fully saturated rings. The second kappa shape index (κ2) is 15.1. The highest BCUT2D eigenvalue weighted by Gasteiger charge is 2.06. The van der Waals surface area contributed by atoms with Crippen LogP contribution in [-0.2, 0) is 33.4 Å². The molecule has 0 spiro atoms. The molecular weight excluding hydrogens is 328 g/mol. The van der Waals surface area contributed by atoms with E-state index in [2.05, 4.69) is 16.4 Å². The van der Waals surface area contributed by atoms with Crippen molar-refractivity contribution in [2.45, 2.75) is 52.4 Å². The van der Waals surface area contributed by atoms with Crippen LogP contribution in [0.5, 0.6) is 0 Å². The van der Waals surface area contributed by atoms with Crippen LogP contribution in [0.2, 0.25) is 0 Å². The molecule has 0 saturated carbocycles. The Bertz CT molecular complexity index is 492. The highest BCUT2D eigenvalue weighted by atomic mass is 16.6. The second-order valence-electron chi connectivity index (χ2n) is 5.09. The van der Waals surface area contributed by atoms with Gasteiger partial charge in [0.05, 0.1) is 13.2 Å². The lowest BCUT2D eigenvalue weighted by Crippen LogP contribution is -2.10. The van der Waals surface area contributed by atoms with Crippen molar-refractivity contribution in [3.63, 3.8) is 0 Å². The topological polar surface area (TPSA) is 96.0 Å². The maximum atomic E-state index is 11.4. The van der Waals surface area contributed by atoms with Crippen LogP contribution >= 0.6 is 0 Å². The van der Waals surface area contributed by atoms with Crippen molar-refractivity contribution >= 4 is 23.9 Å². The molecule has 0 bridgehead atoms. The van der Waals surface area contributed by atoms with Gasteiger partial charge in [0.2, 0.25) is 0 Å². The minimum absolute atomic E-state index is 0.167. The highest BCUT2D eigenvalue weighted by molar-refractivity contribution is 6.00. The molecule has 0 N–H and O–H groups in total. The molecule has 0 saturated heterocycles. The fraction of sp³-hybridized carbons (Fsp3) is 0.556. The van der Waals surface area contributed by atoms with Gasteiger partial charge in [0.25, 0.3) is 0 Å². The summed E-state index contributed by atoms with van der Waals surface area (Å²) in [6.07, 6.45) is 9.71. The summed E-state index contributed by atoms with van der Waals surface area (Å²) in [4.78, 5) is 44.9. The Morgan fingerprint density at radius 3 is 1.68 bits per heavy atom. The third-order valence-corrected chi connectivity index (χ3v) is 2.94. The third kappa shape index (κ3) is 14.9. The van der Waals surface area contributed by atoms with Crippen LogP contribution < -0.4 is 0 Å². The summed E-state index contributed by atoms with van der Waals surface area (Å²) in [7, 11) is 0. The quantitative estimate of drug-likeness (QED) is 0.175. The van der Waals surface area contributed by atoms with E-state index in [1.807, 2.05) is 0 Å². The van der Waals surface area contributed by atoms with E-state index in [9.17, 15) is 19.2 Å². The van der Waals surface area contributed by atoms with Crippen molar-refractivity contribution in [2.75, 3.05) is 13.2 Å². The normalized spacial score (nSPS) is 10.8. The minimum atomic E-state index is -1.04. The van der Waals surface area contributed by atoms with E-state index in [4.69, 9.17) is 4.74 Å². The van der Waals surface area contributed by atoms with Gasteiger partial charge < -0.3 is 14.2 Å². The number of hydrogen-bond acceptors (Lipinski definition) is 7. The molecule has 0 aliphatic rings. The number of esters is 4. The number of rotatable bonds is 12. The number of unbranched alkanes of at least 4 members (excludes halogenated alkanes) is 5. The molecule has 0 atom stereocenters. The second-order valence-corrected chi connectivity index (χ2v) is 5.09. The molecule has 25 heavy (non-hydrogen) atoms. The minimum Gasteiger partial charge on any atom is -0.463 e. The SMILES string of the molecule is CCCCCCCCOC(=O)/C=C/C(=O)OC(=O)/C=C/C(=O)OCC. The molecule has 0 aliphatic carbocycles. The summed E-state index contributed by atoms with van der Waals surface area (Å²) in [5, 5.41) is 0. The van der Waals surface area contributed by atoms with E-state index < -0.39 is 23.9 Å². The fourth-order valence-corrected chi connectivity index (χ4v) is 1.73. The highest BCUT2D eigenvalue weighted by Crippen LogP contribution is 2.05. The molecule has 0 rings (SSSR count). The zero-order valence-electron chi connectivity index (χ0n) is 14.8. The number of carbonyl (C=O) groups is 4. The van der Waals surface area contributed by atoms with E-state index in [0.717, 1.165) is 43.6 Å². The van der Waals surface area contributed by atoms with Crippen molar-refractivity contribution in [1.29, 1.82) is 0 Å². The van der Waals surface area contributed by atoms with Crippen LogP contribution in [0, 0.1) is 0 Å². The average Bonchev–Trinajstić information content (AvgIpc) is 2.57. The van der Waals surface area contributed by atoms with E-state index in [1.165, 1.54) is 19.3 Å². The third-order valence-electron chi connectivity index (χ3n) is 2.94. The van der Waals surface area contributed by atoms with Crippen LogP contribution in [0.1, 0.15) is 52.4 Å². The summed E-state index contributed by atoms with van der Waals surface area (Å²) < 4.78 is 13.8. The zero-order chi connectivity index (χ0) is 18.9. The Labute approximate surface area is 148 Å². The van der Waals surface area contributed by atoms with Crippen LogP contribution in [0.4, 0.5) is 0 Å². The molecule has 0 radical (unpaired) electrons. The lowest BCUT2D eigenvalue weighted by Gasteiger charge is -2.02. The lowest BCUT2D eigenvalue weighted by molar-refractivity contribution is -0.153. The summed E-state index contributed by atoms with van der Waals surface area (Å²) in [5.41, 5.74) is 0. The van der Waals surface area contributed by atoms with Gasteiger partial charge in [-0.15, -0.1) is 0 Å². The van der Waals surface area contributed by atoms with Crippen LogP contribution in [-0.4, -0.2) is 37.1 Å². The molecule has 0 aliphatic heterocycles. The Balaban J connectivity index is 3.91. The maximum Gasteiger partial charge on any atom is 0.338 e. The fourth-order valence-electron chi connectivity index (χ4n) is 1.73. The molecule has 0 heterocycles.